The predicted octanol–water partition coefficient (Wildman–Crippen LogP) is 4.59. The van der Waals surface area contributed by atoms with E-state index in [4.69, 9.17) is 9.72 Å². The molecular formula is C34H42N6O3. The number of likely N-dealkylation sites (tertiary alicyclic amines) is 1. The number of benzene rings is 1. The van der Waals surface area contributed by atoms with Crippen molar-refractivity contribution in [2.24, 2.45) is 7.05 Å². The molecule has 5 rings (SSSR count). The average molecular weight is 583 g/mol. The molecule has 9 heteroatoms. The molecular weight excluding hydrogens is 540 g/mol. The van der Waals surface area contributed by atoms with Crippen LogP contribution in [-0.2, 0) is 24.7 Å². The van der Waals surface area contributed by atoms with Gasteiger partial charge in [0.25, 0.3) is 5.56 Å². The number of carbonyl (C=O) groups is 1. The molecule has 0 radical (unpaired) electrons. The van der Waals surface area contributed by atoms with E-state index in [0.717, 1.165) is 56.3 Å². The summed E-state index contributed by atoms with van der Waals surface area (Å²) in [6, 6.07) is 10.7. The Morgan fingerprint density at radius 3 is 2.58 bits per heavy atom. The van der Waals surface area contributed by atoms with Crippen molar-refractivity contribution in [3.8, 4) is 17.3 Å². The molecule has 1 N–H and O–H groups in total. The first-order chi connectivity index (χ1) is 20.8. The van der Waals surface area contributed by atoms with Crippen LogP contribution in [0.25, 0.3) is 22.2 Å². The first kappa shape index (κ1) is 30.4. The zero-order valence-electron chi connectivity index (χ0n) is 25.9. The number of ether oxygens (including phenoxy) is 1. The number of methoxy groups -OCH3 is 1. The first-order valence-corrected chi connectivity index (χ1v) is 15.2. The molecule has 1 amide bonds. The summed E-state index contributed by atoms with van der Waals surface area (Å²) in [5.74, 6) is 1.05. The Bertz CT molecular complexity index is 1660. The van der Waals surface area contributed by atoms with Crippen LogP contribution in [-0.4, -0.2) is 63.6 Å². The van der Waals surface area contributed by atoms with Crippen LogP contribution in [0.4, 0.5) is 0 Å². The lowest BCUT2D eigenvalue weighted by atomic mass is 9.85. The molecule has 1 fully saturated rings. The molecule has 0 bridgehead atoms. The van der Waals surface area contributed by atoms with Crippen LogP contribution in [0.1, 0.15) is 60.9 Å². The largest absolute Gasteiger partial charge is 0.480 e. The van der Waals surface area contributed by atoms with Gasteiger partial charge in [-0.2, -0.15) is 0 Å². The first-order valence-electron chi connectivity index (χ1n) is 15.2. The number of likely N-dealkylation sites (N-methyl/N-ethyl adjacent to an activating group) is 1. The van der Waals surface area contributed by atoms with Crippen molar-refractivity contribution in [1.29, 1.82) is 0 Å². The Kier molecular flexibility index (Phi) is 9.50. The van der Waals surface area contributed by atoms with Gasteiger partial charge in [-0.1, -0.05) is 25.1 Å². The lowest BCUT2D eigenvalue weighted by Gasteiger charge is -2.37. The van der Waals surface area contributed by atoms with E-state index in [0.29, 0.717) is 35.0 Å². The number of fused-ring (bicyclic) bond motifs is 1. The normalized spacial score (nSPS) is 15.0. The molecule has 4 aromatic rings. The van der Waals surface area contributed by atoms with Crippen LogP contribution in [0.15, 0.2) is 53.7 Å². The van der Waals surface area contributed by atoms with E-state index in [1.165, 1.54) is 16.7 Å². The van der Waals surface area contributed by atoms with Crippen LogP contribution < -0.4 is 15.6 Å². The minimum atomic E-state index is -0.0462. The fraction of sp³-hybridized carbons (Fsp3) is 0.441. The van der Waals surface area contributed by atoms with E-state index >= 15 is 0 Å². The number of nitrogens with zero attached hydrogens (tertiary/aromatic N) is 5. The van der Waals surface area contributed by atoms with Crippen molar-refractivity contribution in [2.45, 2.75) is 64.3 Å². The lowest BCUT2D eigenvalue weighted by Crippen LogP contribution is -2.48. The van der Waals surface area contributed by atoms with Gasteiger partial charge in [-0.3, -0.25) is 24.5 Å². The number of piperidine rings is 1. The summed E-state index contributed by atoms with van der Waals surface area (Å²) >= 11 is 0. The molecule has 4 heterocycles. The summed E-state index contributed by atoms with van der Waals surface area (Å²) in [6.45, 7) is 6.18. The minimum Gasteiger partial charge on any atom is -0.480 e. The number of rotatable bonds is 10. The zero-order valence-corrected chi connectivity index (χ0v) is 25.9. The van der Waals surface area contributed by atoms with E-state index < -0.39 is 0 Å². The Balaban J connectivity index is 1.29. The number of amides is 1. The third-order valence-corrected chi connectivity index (χ3v) is 8.78. The molecule has 1 atom stereocenters. The number of aryl methyl sites for hydroxylation is 4. The molecule has 0 aliphatic carbocycles. The zero-order chi connectivity index (χ0) is 30.5. The molecule has 0 saturated carbocycles. The molecule has 1 saturated heterocycles. The molecule has 1 unspecified atom stereocenters. The van der Waals surface area contributed by atoms with E-state index in [-0.39, 0.29) is 17.5 Å². The summed E-state index contributed by atoms with van der Waals surface area (Å²) < 4.78 is 6.86. The molecule has 1 aromatic carbocycles. The second kappa shape index (κ2) is 13.5. The topological polar surface area (TPSA) is 102 Å². The third-order valence-electron chi connectivity index (χ3n) is 8.78. The monoisotopic (exact) mass is 582 g/mol. The molecule has 1 aliphatic heterocycles. The van der Waals surface area contributed by atoms with Gasteiger partial charge in [-0.15, -0.1) is 0 Å². The summed E-state index contributed by atoms with van der Waals surface area (Å²) in [6.07, 6.45) is 10.4. The van der Waals surface area contributed by atoms with E-state index in [1.54, 1.807) is 44.4 Å². The summed E-state index contributed by atoms with van der Waals surface area (Å²) in [4.78, 5) is 41.4. The average Bonchev–Trinajstić information content (AvgIpc) is 3.03. The number of aromatic nitrogens is 4. The van der Waals surface area contributed by atoms with Gasteiger partial charge in [-0.25, -0.2) is 4.98 Å². The second-order valence-electron chi connectivity index (χ2n) is 11.5. The second-order valence-corrected chi connectivity index (χ2v) is 11.5. The molecule has 43 heavy (non-hydrogen) atoms. The molecule has 9 nitrogen and oxygen atoms in total. The molecule has 0 spiro atoms. The van der Waals surface area contributed by atoms with Crippen LogP contribution in [0, 0.1) is 6.92 Å². The molecule has 3 aromatic heterocycles. The summed E-state index contributed by atoms with van der Waals surface area (Å²) in [5, 5.41) is 4.32. The van der Waals surface area contributed by atoms with Crippen molar-refractivity contribution in [2.75, 3.05) is 27.2 Å². The van der Waals surface area contributed by atoms with Gasteiger partial charge in [0.2, 0.25) is 11.8 Å². The van der Waals surface area contributed by atoms with Gasteiger partial charge in [0, 0.05) is 20.3 Å². The number of nitrogens with one attached hydrogen (secondary N) is 1. The van der Waals surface area contributed by atoms with E-state index in [9.17, 15) is 9.59 Å². The van der Waals surface area contributed by atoms with Gasteiger partial charge >= 0.3 is 0 Å². The van der Waals surface area contributed by atoms with Crippen molar-refractivity contribution >= 4 is 16.7 Å². The van der Waals surface area contributed by atoms with Gasteiger partial charge in [0.1, 0.15) is 5.69 Å². The summed E-state index contributed by atoms with van der Waals surface area (Å²) in [5.41, 5.74) is 6.05. The van der Waals surface area contributed by atoms with Gasteiger partial charge in [-0.05, 0) is 98.7 Å². The highest BCUT2D eigenvalue weighted by atomic mass is 16.5. The Morgan fingerprint density at radius 2 is 1.88 bits per heavy atom. The SMILES string of the molecule is CCC(C(=O)NC)N1CCC(c2ccc(CCCc3nc(-c4cncc(OC)n4)cc4ccn(C)c(=O)c34)cc2C)CC1. The van der Waals surface area contributed by atoms with Crippen molar-refractivity contribution in [1.82, 2.24) is 29.7 Å². The highest BCUT2D eigenvalue weighted by molar-refractivity contribution is 5.86. The maximum atomic E-state index is 13.1. The Hall–Kier alpha value is -4.11. The third kappa shape index (κ3) is 6.62. The number of hydrogen-bond donors (Lipinski definition) is 1. The summed E-state index contributed by atoms with van der Waals surface area (Å²) in [7, 11) is 5.05. The maximum Gasteiger partial charge on any atom is 0.260 e. The Labute approximate surface area is 253 Å². The fourth-order valence-corrected chi connectivity index (χ4v) is 6.43. The van der Waals surface area contributed by atoms with Gasteiger partial charge in [0.05, 0.1) is 42.3 Å². The number of pyridine rings is 2. The molecule has 226 valence electrons. The maximum absolute atomic E-state index is 13.1. The van der Waals surface area contributed by atoms with Gasteiger partial charge in [0.15, 0.2) is 0 Å². The van der Waals surface area contributed by atoms with E-state index in [1.807, 2.05) is 12.1 Å². The smallest absolute Gasteiger partial charge is 0.260 e. The molecule has 1 aliphatic rings. The minimum absolute atomic E-state index is 0.0367. The lowest BCUT2D eigenvalue weighted by molar-refractivity contribution is -0.126. The van der Waals surface area contributed by atoms with Crippen LogP contribution in [0.2, 0.25) is 0 Å². The standard InChI is InChI=1S/C34H42N6O3/c1-6-30(33(41)35-3)40-16-13-24(14-17-40)26-11-10-23(18-22(26)2)8-7-9-27-32-25(12-15-39(4)34(32)42)19-28(37-27)29-20-36-21-31(38-29)43-5/h10-12,15,18-21,24,30H,6-9,13-14,16-17H2,1-5H3,(H,35,41). The highest BCUT2D eigenvalue weighted by Crippen LogP contribution is 2.32. The Morgan fingerprint density at radius 1 is 1.09 bits per heavy atom. The quantitative estimate of drug-likeness (QED) is 0.292. The van der Waals surface area contributed by atoms with Crippen molar-refractivity contribution < 1.29 is 9.53 Å². The van der Waals surface area contributed by atoms with Crippen molar-refractivity contribution in [3.63, 3.8) is 0 Å². The number of hydrogen-bond acceptors (Lipinski definition) is 7. The predicted molar refractivity (Wildman–Crippen MR) is 169 cm³/mol. The van der Waals surface area contributed by atoms with Crippen LogP contribution in [0.5, 0.6) is 5.88 Å². The van der Waals surface area contributed by atoms with Crippen molar-refractivity contribution in [3.05, 3.63) is 81.7 Å². The van der Waals surface area contributed by atoms with E-state index in [2.05, 4.69) is 52.2 Å². The van der Waals surface area contributed by atoms with Crippen LogP contribution in [0.3, 0.4) is 0 Å². The van der Waals surface area contributed by atoms with Gasteiger partial charge < -0.3 is 14.6 Å². The number of carbonyl (C=O) groups excluding carboxylic acids is 1. The van der Waals surface area contributed by atoms with Crippen LogP contribution >= 0.6 is 0 Å². The fourth-order valence-electron chi connectivity index (χ4n) is 6.43. The highest BCUT2D eigenvalue weighted by Gasteiger charge is 2.29.